The average molecular weight is 464 g/mol. The minimum Gasteiger partial charge on any atom is -0.438 e. The zero-order chi connectivity index (χ0) is 22.8. The molecule has 2 aromatic carbocycles. The maximum Gasteiger partial charge on any atom is 0.254 e. The summed E-state index contributed by atoms with van der Waals surface area (Å²) in [4.78, 5) is 23.1. The number of aromatic nitrogens is 1. The van der Waals surface area contributed by atoms with Gasteiger partial charge in [0.25, 0.3) is 5.91 Å². The summed E-state index contributed by atoms with van der Waals surface area (Å²) in [5.74, 6) is 0.471. The molecule has 0 bridgehead atoms. The van der Waals surface area contributed by atoms with Crippen molar-refractivity contribution < 1.29 is 13.9 Å². The number of fused-ring (bicyclic) bond motifs is 1. The zero-order valence-electron chi connectivity index (χ0n) is 17.4. The number of ether oxygens (including phenoxy) is 1. The van der Waals surface area contributed by atoms with E-state index < -0.39 is 0 Å². The maximum absolute atomic E-state index is 13.1. The van der Waals surface area contributed by atoms with Crippen LogP contribution in [0.1, 0.15) is 21.5 Å². The molecule has 0 saturated heterocycles. The van der Waals surface area contributed by atoms with Crippen molar-refractivity contribution in [1.29, 1.82) is 0 Å². The topological polar surface area (TPSA) is 70.1 Å². The van der Waals surface area contributed by atoms with Gasteiger partial charge in [-0.2, -0.15) is 0 Å². The summed E-state index contributed by atoms with van der Waals surface area (Å²) < 4.78 is 19.0. The highest BCUT2D eigenvalue weighted by atomic mass is 35.5. The first-order valence-corrected chi connectivity index (χ1v) is 10.7. The molecule has 2 aliphatic heterocycles. The minimum absolute atomic E-state index is 0.0580. The lowest BCUT2D eigenvalue weighted by Gasteiger charge is -2.29. The highest BCUT2D eigenvalue weighted by Crippen LogP contribution is 2.32. The number of anilines is 1. The summed E-state index contributed by atoms with van der Waals surface area (Å²) in [6.45, 7) is 1.01. The lowest BCUT2D eigenvalue weighted by Crippen LogP contribution is -2.37. The van der Waals surface area contributed by atoms with Crippen LogP contribution in [0.3, 0.4) is 0 Å². The summed E-state index contributed by atoms with van der Waals surface area (Å²) in [5, 5.41) is 2.02. The lowest BCUT2D eigenvalue weighted by atomic mass is 9.98. The number of carbonyl (C=O) groups excluding carboxylic acids is 1. The molecule has 3 heterocycles. The number of hydrogen-bond donors (Lipinski definition) is 1. The Morgan fingerprint density at radius 3 is 2.76 bits per heavy atom. The third-order valence-corrected chi connectivity index (χ3v) is 5.64. The Hall–Kier alpha value is -3.91. The van der Waals surface area contributed by atoms with Crippen LogP contribution in [0.2, 0.25) is 5.02 Å². The van der Waals surface area contributed by atoms with Gasteiger partial charge in [-0.3, -0.25) is 10.2 Å². The molecule has 1 N–H and O–H groups in total. The Bertz CT molecular complexity index is 1260. The van der Waals surface area contributed by atoms with E-state index in [1.807, 2.05) is 6.07 Å². The molecular formula is C24H19ClFN5O2. The van der Waals surface area contributed by atoms with Gasteiger partial charge in [0, 0.05) is 31.1 Å². The Morgan fingerprint density at radius 1 is 1.15 bits per heavy atom. The van der Waals surface area contributed by atoms with Crippen molar-refractivity contribution >= 4 is 29.5 Å². The molecule has 0 unspecified atom stereocenters. The number of rotatable bonds is 5. The molecular weight excluding hydrogens is 445 g/mol. The van der Waals surface area contributed by atoms with Crippen LogP contribution in [0.15, 0.2) is 72.1 Å². The van der Waals surface area contributed by atoms with E-state index in [0.717, 1.165) is 11.1 Å². The largest absolute Gasteiger partial charge is 0.438 e. The zero-order valence-corrected chi connectivity index (χ0v) is 18.2. The van der Waals surface area contributed by atoms with Crippen molar-refractivity contribution in [2.45, 2.75) is 13.0 Å². The number of nitrogens with zero attached hydrogens (tertiary/aromatic N) is 4. The van der Waals surface area contributed by atoms with E-state index in [1.54, 1.807) is 65.2 Å². The smallest absolute Gasteiger partial charge is 0.254 e. The fraction of sp³-hybridized carbons (Fsp3) is 0.125. The number of amides is 1. The molecule has 0 saturated carbocycles. The number of aliphatic imine (C=N–C) groups is 1. The van der Waals surface area contributed by atoms with E-state index >= 15 is 0 Å². The van der Waals surface area contributed by atoms with E-state index in [-0.39, 0.29) is 17.6 Å². The van der Waals surface area contributed by atoms with Crippen molar-refractivity contribution in [2.24, 2.45) is 4.99 Å². The normalized spacial score (nSPS) is 14.8. The lowest BCUT2D eigenvalue weighted by molar-refractivity contribution is 0.0727. The fourth-order valence-electron chi connectivity index (χ4n) is 3.71. The van der Waals surface area contributed by atoms with E-state index in [1.165, 1.54) is 12.1 Å². The molecule has 166 valence electrons. The SMILES string of the molecule is O=C1c2ccc(Oc3ncc(N4C=NC=CN4)cc3Cl)cc2CCN1Cc1ccc(F)cc1. The average Bonchev–Trinajstić information content (AvgIpc) is 2.84. The maximum atomic E-state index is 13.1. The minimum atomic E-state index is -0.292. The number of benzene rings is 2. The number of carbonyl (C=O) groups is 1. The van der Waals surface area contributed by atoms with E-state index in [0.29, 0.717) is 41.5 Å². The van der Waals surface area contributed by atoms with Gasteiger partial charge in [-0.05, 0) is 53.9 Å². The van der Waals surface area contributed by atoms with Crippen LogP contribution in [-0.4, -0.2) is 28.7 Å². The van der Waals surface area contributed by atoms with Crippen LogP contribution in [0.5, 0.6) is 11.6 Å². The second kappa shape index (κ2) is 8.91. The van der Waals surface area contributed by atoms with Crippen molar-refractivity contribution in [2.75, 3.05) is 11.6 Å². The molecule has 1 aromatic heterocycles. The first-order chi connectivity index (χ1) is 16.1. The van der Waals surface area contributed by atoms with Gasteiger partial charge in [0.2, 0.25) is 5.88 Å². The van der Waals surface area contributed by atoms with Gasteiger partial charge >= 0.3 is 0 Å². The van der Waals surface area contributed by atoms with Gasteiger partial charge in [0.1, 0.15) is 22.9 Å². The molecule has 0 aliphatic carbocycles. The van der Waals surface area contributed by atoms with Crippen molar-refractivity contribution in [1.82, 2.24) is 15.3 Å². The van der Waals surface area contributed by atoms with Crippen molar-refractivity contribution in [3.8, 4) is 11.6 Å². The van der Waals surface area contributed by atoms with E-state index in [9.17, 15) is 9.18 Å². The summed E-state index contributed by atoms with van der Waals surface area (Å²) in [6, 6.07) is 13.3. The molecule has 9 heteroatoms. The van der Waals surface area contributed by atoms with Crippen molar-refractivity contribution in [3.05, 3.63) is 94.7 Å². The quantitative estimate of drug-likeness (QED) is 0.594. The van der Waals surface area contributed by atoms with Crippen LogP contribution in [0.25, 0.3) is 0 Å². The van der Waals surface area contributed by atoms with Crippen LogP contribution >= 0.6 is 11.6 Å². The number of halogens is 2. The molecule has 0 radical (unpaired) electrons. The van der Waals surface area contributed by atoms with Crippen LogP contribution < -0.4 is 15.2 Å². The fourth-order valence-corrected chi connectivity index (χ4v) is 3.91. The summed E-state index contributed by atoms with van der Waals surface area (Å²) >= 11 is 6.38. The summed E-state index contributed by atoms with van der Waals surface area (Å²) in [5.41, 5.74) is 6.13. The number of pyridine rings is 1. The predicted molar refractivity (Wildman–Crippen MR) is 124 cm³/mol. The Labute approximate surface area is 194 Å². The van der Waals surface area contributed by atoms with Crippen LogP contribution in [0, 0.1) is 5.82 Å². The molecule has 1 amide bonds. The number of hydrazine groups is 1. The number of nitrogens with one attached hydrogen (secondary N) is 1. The van der Waals surface area contributed by atoms with Gasteiger partial charge in [0.05, 0.1) is 11.9 Å². The molecule has 0 fully saturated rings. The third-order valence-electron chi connectivity index (χ3n) is 5.37. The highest BCUT2D eigenvalue weighted by molar-refractivity contribution is 6.32. The third kappa shape index (κ3) is 4.51. The molecule has 5 rings (SSSR count). The highest BCUT2D eigenvalue weighted by Gasteiger charge is 2.25. The molecule has 0 atom stereocenters. The van der Waals surface area contributed by atoms with Crippen LogP contribution in [0.4, 0.5) is 10.1 Å². The summed E-state index contributed by atoms with van der Waals surface area (Å²) in [7, 11) is 0. The first kappa shape index (κ1) is 21.0. The predicted octanol–water partition coefficient (Wildman–Crippen LogP) is 4.69. The van der Waals surface area contributed by atoms with Gasteiger partial charge in [0.15, 0.2) is 0 Å². The Morgan fingerprint density at radius 2 is 2.00 bits per heavy atom. The van der Waals surface area contributed by atoms with E-state index in [2.05, 4.69) is 15.4 Å². The monoisotopic (exact) mass is 463 g/mol. The van der Waals surface area contributed by atoms with Gasteiger partial charge in [-0.15, -0.1) is 0 Å². The number of hydrogen-bond acceptors (Lipinski definition) is 6. The summed E-state index contributed by atoms with van der Waals surface area (Å²) in [6.07, 6.45) is 7.23. The molecule has 0 spiro atoms. The Kier molecular flexibility index (Phi) is 5.66. The molecule has 7 nitrogen and oxygen atoms in total. The van der Waals surface area contributed by atoms with E-state index in [4.69, 9.17) is 16.3 Å². The molecule has 2 aliphatic rings. The Balaban J connectivity index is 1.29. The second-order valence-corrected chi connectivity index (χ2v) is 7.99. The second-order valence-electron chi connectivity index (χ2n) is 7.58. The molecule has 3 aromatic rings. The van der Waals surface area contributed by atoms with Gasteiger partial charge in [-0.25, -0.2) is 19.4 Å². The van der Waals surface area contributed by atoms with Gasteiger partial charge < -0.3 is 9.64 Å². The molecule has 33 heavy (non-hydrogen) atoms. The first-order valence-electron chi connectivity index (χ1n) is 10.3. The van der Waals surface area contributed by atoms with Gasteiger partial charge in [-0.1, -0.05) is 23.7 Å². The van der Waals surface area contributed by atoms with Crippen LogP contribution in [-0.2, 0) is 13.0 Å². The van der Waals surface area contributed by atoms with Crippen molar-refractivity contribution in [3.63, 3.8) is 0 Å². The standard InChI is InChI=1S/C24H19ClFN5O2/c25-22-12-19(31-15-27-8-9-29-31)13-28-23(22)33-20-5-6-21-17(11-20)7-10-30(24(21)32)14-16-1-3-18(26)4-2-16/h1-6,8-9,11-13,15,29H,7,10,14H2.